The number of hydrogen-bond acceptors (Lipinski definition) is 6. The molecule has 32 heavy (non-hydrogen) atoms. The monoisotopic (exact) mass is 454 g/mol. The number of halogens is 3. The number of nitrogens with zero attached hydrogens (tertiary/aromatic N) is 1. The van der Waals surface area contributed by atoms with Gasteiger partial charge in [-0.15, -0.1) is 0 Å². The fourth-order valence-corrected chi connectivity index (χ4v) is 4.44. The van der Waals surface area contributed by atoms with Crippen molar-refractivity contribution in [2.45, 2.75) is 57.7 Å². The minimum absolute atomic E-state index is 0.0951. The summed E-state index contributed by atoms with van der Waals surface area (Å²) in [5, 5.41) is 12.3. The molecule has 3 rings (SSSR count). The number of nitrogens with one attached hydrogen (secondary N) is 1. The van der Waals surface area contributed by atoms with E-state index in [2.05, 4.69) is 17.1 Å². The number of aromatic hydroxyl groups is 1. The highest BCUT2D eigenvalue weighted by Crippen LogP contribution is 2.42. The Labute approximate surface area is 185 Å². The maximum Gasteiger partial charge on any atom is 0.420 e. The first kappa shape index (κ1) is 24.1. The molecule has 2 N–H and O–H groups in total. The molecule has 176 valence electrons. The molecule has 2 aliphatic heterocycles. The minimum Gasteiger partial charge on any atom is -0.507 e. The van der Waals surface area contributed by atoms with E-state index in [0.717, 1.165) is 31.8 Å². The number of carbonyl (C=O) groups is 2. The lowest BCUT2D eigenvalue weighted by Gasteiger charge is -2.39. The summed E-state index contributed by atoms with van der Waals surface area (Å²) in [4.78, 5) is 27.4. The summed E-state index contributed by atoms with van der Waals surface area (Å²) in [5.74, 6) is -1.33. The molecule has 1 spiro atoms. The van der Waals surface area contributed by atoms with Crippen LogP contribution in [0.4, 0.5) is 18.9 Å². The van der Waals surface area contributed by atoms with E-state index in [4.69, 9.17) is 4.74 Å². The lowest BCUT2D eigenvalue weighted by molar-refractivity contribution is -0.150. The van der Waals surface area contributed by atoms with Gasteiger partial charge in [-0.05, 0) is 44.5 Å². The van der Waals surface area contributed by atoms with Crippen molar-refractivity contribution in [3.8, 4) is 5.75 Å². The number of phenols is 1. The van der Waals surface area contributed by atoms with Crippen LogP contribution in [0.15, 0.2) is 29.3 Å². The van der Waals surface area contributed by atoms with Crippen molar-refractivity contribution >= 4 is 17.4 Å². The van der Waals surface area contributed by atoms with Gasteiger partial charge in [-0.2, -0.15) is 13.2 Å². The average molecular weight is 454 g/mol. The van der Waals surface area contributed by atoms with Crippen molar-refractivity contribution in [1.29, 1.82) is 0 Å². The van der Waals surface area contributed by atoms with Crippen molar-refractivity contribution in [3.05, 3.63) is 34.9 Å². The lowest BCUT2D eigenvalue weighted by atomic mass is 9.80. The Morgan fingerprint density at radius 3 is 2.56 bits per heavy atom. The van der Waals surface area contributed by atoms with E-state index in [9.17, 15) is 27.9 Å². The number of rotatable bonds is 8. The van der Waals surface area contributed by atoms with Gasteiger partial charge in [0.2, 0.25) is 0 Å². The summed E-state index contributed by atoms with van der Waals surface area (Å²) in [6.07, 6.45) is -2.09. The number of esters is 1. The van der Waals surface area contributed by atoms with Gasteiger partial charge in [-0.25, -0.2) is 4.79 Å². The molecule has 0 saturated carbocycles. The molecule has 0 bridgehead atoms. The number of anilines is 1. The van der Waals surface area contributed by atoms with Crippen molar-refractivity contribution in [2.24, 2.45) is 0 Å². The number of carbonyl (C=O) groups excluding carboxylic acids is 2. The quantitative estimate of drug-likeness (QED) is 0.347. The van der Waals surface area contributed by atoms with E-state index in [0.29, 0.717) is 43.4 Å². The zero-order chi connectivity index (χ0) is 23.5. The maximum atomic E-state index is 13.0. The summed E-state index contributed by atoms with van der Waals surface area (Å²) in [6, 6.07) is 3.24. The molecule has 0 radical (unpaired) electrons. The zero-order valence-electron chi connectivity index (χ0n) is 18.3. The number of phenolic OH excluding ortho intramolecular Hbond substituents is 1. The van der Waals surface area contributed by atoms with E-state index in [1.165, 1.54) is 6.07 Å². The molecule has 9 heteroatoms. The van der Waals surface area contributed by atoms with E-state index >= 15 is 0 Å². The minimum atomic E-state index is -4.64. The molecule has 2 aliphatic rings. The number of piperidine rings is 1. The number of ketones is 1. The topological polar surface area (TPSA) is 78.9 Å². The van der Waals surface area contributed by atoms with E-state index in [1.54, 1.807) is 6.92 Å². The first-order valence-electron chi connectivity index (χ1n) is 10.9. The molecule has 2 heterocycles. The third-order valence-electron chi connectivity index (χ3n) is 6.28. The van der Waals surface area contributed by atoms with Gasteiger partial charge in [0.1, 0.15) is 11.4 Å². The van der Waals surface area contributed by atoms with Crippen LogP contribution in [0.25, 0.3) is 0 Å². The van der Waals surface area contributed by atoms with Crippen molar-refractivity contribution in [2.75, 3.05) is 31.5 Å². The van der Waals surface area contributed by atoms with E-state index in [-0.39, 0.29) is 17.9 Å². The van der Waals surface area contributed by atoms with Crippen LogP contribution in [0, 0.1) is 0 Å². The summed E-state index contributed by atoms with van der Waals surface area (Å²) in [5.41, 5.74) is -0.773. The lowest BCUT2D eigenvalue weighted by Crippen LogP contribution is -2.47. The fraction of sp³-hybridized carbons (Fsp3) is 0.565. The number of likely N-dealkylation sites (tertiary alicyclic amines) is 1. The van der Waals surface area contributed by atoms with Crippen LogP contribution in [-0.4, -0.2) is 53.5 Å². The molecule has 0 unspecified atom stereocenters. The first-order valence-corrected chi connectivity index (χ1v) is 10.9. The third-order valence-corrected chi connectivity index (χ3v) is 6.28. The molecule has 1 aromatic carbocycles. The third kappa shape index (κ3) is 5.09. The first-order chi connectivity index (χ1) is 15.1. The van der Waals surface area contributed by atoms with Crippen molar-refractivity contribution in [3.63, 3.8) is 0 Å². The predicted molar refractivity (Wildman–Crippen MR) is 113 cm³/mol. The van der Waals surface area contributed by atoms with Crippen LogP contribution in [0.5, 0.6) is 5.75 Å². The number of benzene rings is 1. The summed E-state index contributed by atoms with van der Waals surface area (Å²) < 4.78 is 44.4. The normalized spacial score (nSPS) is 18.8. The highest BCUT2D eigenvalue weighted by Gasteiger charge is 2.50. The van der Waals surface area contributed by atoms with E-state index < -0.39 is 29.1 Å². The second-order valence-electron chi connectivity index (χ2n) is 8.35. The molecule has 1 aromatic rings. The fourth-order valence-electron chi connectivity index (χ4n) is 4.44. The van der Waals surface area contributed by atoms with Crippen molar-refractivity contribution in [1.82, 2.24) is 4.90 Å². The van der Waals surface area contributed by atoms with E-state index in [1.807, 2.05) is 0 Å². The van der Waals surface area contributed by atoms with Crippen LogP contribution in [0.2, 0.25) is 0 Å². The molecule has 6 nitrogen and oxygen atoms in total. The Hall–Kier alpha value is -2.55. The van der Waals surface area contributed by atoms with Gasteiger partial charge in [-0.3, -0.25) is 4.79 Å². The highest BCUT2D eigenvalue weighted by molar-refractivity contribution is 6.08. The van der Waals surface area contributed by atoms with Crippen LogP contribution >= 0.6 is 0 Å². The maximum absolute atomic E-state index is 13.0. The Bertz CT molecular complexity index is 903. The average Bonchev–Trinajstić information content (AvgIpc) is 2.98. The van der Waals surface area contributed by atoms with Gasteiger partial charge in [0, 0.05) is 55.7 Å². The summed E-state index contributed by atoms with van der Waals surface area (Å²) >= 11 is 0. The summed E-state index contributed by atoms with van der Waals surface area (Å²) in [6.45, 7) is 6.53. The Balaban J connectivity index is 1.53. The van der Waals surface area contributed by atoms with Gasteiger partial charge in [0.25, 0.3) is 0 Å². The second-order valence-corrected chi connectivity index (χ2v) is 8.35. The molecule has 0 aromatic heterocycles. The van der Waals surface area contributed by atoms with Crippen LogP contribution in [-0.2, 0) is 20.5 Å². The highest BCUT2D eigenvalue weighted by atomic mass is 19.4. The molecule has 1 fully saturated rings. The molecule has 0 atom stereocenters. The number of alkyl halides is 3. The molecular formula is C23H29F3N2O4. The largest absolute Gasteiger partial charge is 0.507 e. The molecule has 0 aliphatic carbocycles. The Morgan fingerprint density at radius 1 is 1.25 bits per heavy atom. The molecular weight excluding hydrogens is 425 g/mol. The number of hydrogen-bond donors (Lipinski definition) is 2. The van der Waals surface area contributed by atoms with Crippen LogP contribution in [0.1, 0.15) is 51.5 Å². The Morgan fingerprint density at radius 2 is 1.94 bits per heavy atom. The number of unbranched alkanes of at least 4 members (excludes halogenated alkanes) is 1. The van der Waals surface area contributed by atoms with Crippen LogP contribution < -0.4 is 5.32 Å². The summed E-state index contributed by atoms with van der Waals surface area (Å²) in [7, 11) is 0. The van der Waals surface area contributed by atoms with Gasteiger partial charge in [0.05, 0.1) is 5.56 Å². The predicted octanol–water partition coefficient (Wildman–Crippen LogP) is 4.29. The van der Waals surface area contributed by atoms with Crippen LogP contribution in [0.3, 0.4) is 0 Å². The van der Waals surface area contributed by atoms with Gasteiger partial charge in [0.15, 0.2) is 5.78 Å². The zero-order valence-corrected chi connectivity index (χ0v) is 18.3. The Kier molecular flexibility index (Phi) is 7.17. The number of ether oxygens (including phenoxy) is 1. The van der Waals surface area contributed by atoms with Gasteiger partial charge >= 0.3 is 12.1 Å². The SMILES string of the molecule is CCN1CCC2(CC1)OC(=O)C(C)=C2C(=O)CCCCNc1ccc(O)c(C(F)(F)F)c1. The smallest absolute Gasteiger partial charge is 0.420 e. The molecule has 0 amide bonds. The van der Waals surface area contributed by atoms with Gasteiger partial charge in [-0.1, -0.05) is 6.92 Å². The standard InChI is InChI=1S/C23H29F3N2O4/c1-3-28-12-9-22(10-13-28)20(15(2)21(31)32-22)19(30)6-4-5-11-27-16-7-8-18(29)17(14-16)23(24,25)26/h7-8,14,27,29H,3-6,9-13H2,1-2H3. The number of Topliss-reactive ketones (excluding diaryl/α,β-unsaturated/α-hetero) is 1. The van der Waals surface area contributed by atoms with Gasteiger partial charge < -0.3 is 20.1 Å². The second kappa shape index (κ2) is 9.52. The van der Waals surface area contributed by atoms with Crippen molar-refractivity contribution < 1.29 is 32.6 Å². The molecule has 1 saturated heterocycles.